The predicted octanol–water partition coefficient (Wildman–Crippen LogP) is 7.10. The first-order valence-corrected chi connectivity index (χ1v) is 9.90. The van der Waals surface area contributed by atoms with Gasteiger partial charge in [0.2, 0.25) is 0 Å². The maximum absolute atomic E-state index is 2.46. The Hall–Kier alpha value is -3.06. The summed E-state index contributed by atoms with van der Waals surface area (Å²) >= 11 is 0. The largest absolute Gasteiger partial charge is 0.336 e. The summed E-state index contributed by atoms with van der Waals surface area (Å²) in [5.41, 5.74) is 11.6. The van der Waals surface area contributed by atoms with Gasteiger partial charge in [0.1, 0.15) is 0 Å². The molecule has 0 saturated heterocycles. The molecule has 28 heavy (non-hydrogen) atoms. The normalized spacial score (nSPS) is 11.0. The number of rotatable bonds is 4. The second-order valence-corrected chi connectivity index (χ2v) is 7.93. The van der Waals surface area contributed by atoms with Crippen molar-refractivity contribution in [1.29, 1.82) is 0 Å². The van der Waals surface area contributed by atoms with Gasteiger partial charge in [0.25, 0.3) is 0 Å². The fourth-order valence-electron chi connectivity index (χ4n) is 4.15. The molecule has 0 aliphatic rings. The molecule has 0 bridgehead atoms. The van der Waals surface area contributed by atoms with Crippen LogP contribution in [0.25, 0.3) is 22.5 Å². The molecular weight excluding hydrogens is 338 g/mol. The van der Waals surface area contributed by atoms with Gasteiger partial charge in [-0.3, -0.25) is 0 Å². The minimum atomic E-state index is 0.860. The molecule has 0 aliphatic carbocycles. The quantitative estimate of drug-likeness (QED) is 0.363. The first-order chi connectivity index (χ1) is 13.5. The molecule has 3 aromatic carbocycles. The van der Waals surface area contributed by atoms with Crippen LogP contribution in [0.1, 0.15) is 27.8 Å². The van der Waals surface area contributed by atoms with Crippen LogP contribution in [-0.2, 0) is 6.54 Å². The van der Waals surface area contributed by atoms with Crippen molar-refractivity contribution in [2.24, 2.45) is 0 Å². The number of hydrogen-bond acceptors (Lipinski definition) is 0. The molecule has 1 aromatic heterocycles. The van der Waals surface area contributed by atoms with Crippen LogP contribution in [0, 0.1) is 27.7 Å². The average Bonchev–Trinajstić information content (AvgIpc) is 3.04. The maximum Gasteiger partial charge on any atom is 0.0488 e. The lowest BCUT2D eigenvalue weighted by Gasteiger charge is -2.16. The Kier molecular flexibility index (Phi) is 4.92. The minimum Gasteiger partial charge on any atom is -0.336 e. The van der Waals surface area contributed by atoms with Gasteiger partial charge in [-0.2, -0.15) is 0 Å². The second kappa shape index (κ2) is 7.52. The summed E-state index contributed by atoms with van der Waals surface area (Å²) in [6.07, 6.45) is 0. The van der Waals surface area contributed by atoms with Crippen molar-refractivity contribution in [3.8, 4) is 22.5 Å². The molecule has 0 aliphatic heterocycles. The molecule has 0 unspecified atom stereocenters. The monoisotopic (exact) mass is 365 g/mol. The Bertz CT molecular complexity index is 1010. The van der Waals surface area contributed by atoms with Gasteiger partial charge in [0.15, 0.2) is 0 Å². The third-order valence-electron chi connectivity index (χ3n) is 5.20. The molecule has 0 saturated carbocycles. The summed E-state index contributed by atoms with van der Waals surface area (Å²) in [6.45, 7) is 9.55. The molecule has 1 nitrogen and oxygen atoms in total. The molecular formula is C27H27N. The van der Waals surface area contributed by atoms with E-state index in [1.165, 1.54) is 50.3 Å². The molecule has 1 heteroatoms. The van der Waals surface area contributed by atoms with Crippen LogP contribution in [0.15, 0.2) is 78.9 Å². The van der Waals surface area contributed by atoms with Crippen molar-refractivity contribution in [2.75, 3.05) is 0 Å². The zero-order valence-corrected chi connectivity index (χ0v) is 17.2. The molecule has 4 aromatic rings. The van der Waals surface area contributed by atoms with Crippen molar-refractivity contribution in [2.45, 2.75) is 34.2 Å². The zero-order valence-electron chi connectivity index (χ0n) is 17.2. The van der Waals surface area contributed by atoms with Gasteiger partial charge in [-0.1, -0.05) is 64.7 Å². The molecule has 140 valence electrons. The molecule has 0 spiro atoms. The minimum absolute atomic E-state index is 0.860. The second-order valence-electron chi connectivity index (χ2n) is 7.93. The molecule has 0 atom stereocenters. The highest BCUT2D eigenvalue weighted by Crippen LogP contribution is 2.32. The maximum atomic E-state index is 2.46. The highest BCUT2D eigenvalue weighted by Gasteiger charge is 2.13. The Balaban J connectivity index is 1.90. The standard InChI is InChI=1S/C27H27N/c1-19-12-20(2)15-24(14-19)26-10-11-27(25-16-21(3)13-22(4)17-25)28(26)18-23-8-6-5-7-9-23/h5-17H,18H2,1-4H3. The van der Waals surface area contributed by atoms with E-state index in [0.29, 0.717) is 0 Å². The molecule has 0 fully saturated rings. The van der Waals surface area contributed by atoms with Crippen molar-refractivity contribution >= 4 is 0 Å². The third-order valence-corrected chi connectivity index (χ3v) is 5.20. The van der Waals surface area contributed by atoms with E-state index in [1.807, 2.05) is 0 Å². The number of benzene rings is 3. The average molecular weight is 366 g/mol. The van der Waals surface area contributed by atoms with E-state index in [9.17, 15) is 0 Å². The van der Waals surface area contributed by atoms with Crippen LogP contribution >= 0.6 is 0 Å². The SMILES string of the molecule is Cc1cc(C)cc(-c2ccc(-c3cc(C)cc(C)c3)n2Cc2ccccc2)c1. The highest BCUT2D eigenvalue weighted by atomic mass is 15.0. The van der Waals surface area contributed by atoms with Gasteiger partial charge in [-0.15, -0.1) is 0 Å². The predicted molar refractivity (Wildman–Crippen MR) is 120 cm³/mol. The van der Waals surface area contributed by atoms with Crippen LogP contribution in [0.3, 0.4) is 0 Å². The summed E-state index contributed by atoms with van der Waals surface area (Å²) in [5.74, 6) is 0. The van der Waals surface area contributed by atoms with Crippen LogP contribution in [-0.4, -0.2) is 4.57 Å². The van der Waals surface area contributed by atoms with E-state index in [-0.39, 0.29) is 0 Å². The van der Waals surface area contributed by atoms with Gasteiger partial charge in [-0.25, -0.2) is 0 Å². The Labute approximate surface area is 168 Å². The molecule has 1 heterocycles. The summed E-state index contributed by atoms with van der Waals surface area (Å²) < 4.78 is 2.46. The summed E-state index contributed by atoms with van der Waals surface area (Å²) in [7, 11) is 0. The lowest BCUT2D eigenvalue weighted by molar-refractivity contribution is 0.822. The molecule has 0 radical (unpaired) electrons. The van der Waals surface area contributed by atoms with Crippen molar-refractivity contribution in [1.82, 2.24) is 4.57 Å². The lowest BCUT2D eigenvalue weighted by Crippen LogP contribution is -2.04. The van der Waals surface area contributed by atoms with E-state index < -0.39 is 0 Å². The molecule has 0 amide bonds. The van der Waals surface area contributed by atoms with E-state index in [2.05, 4.69) is 111 Å². The summed E-state index contributed by atoms with van der Waals surface area (Å²) in [5, 5.41) is 0. The van der Waals surface area contributed by atoms with E-state index in [1.54, 1.807) is 0 Å². The van der Waals surface area contributed by atoms with Gasteiger partial charge in [0, 0.05) is 17.9 Å². The van der Waals surface area contributed by atoms with Gasteiger partial charge in [-0.05, 0) is 80.8 Å². The lowest BCUT2D eigenvalue weighted by atomic mass is 10.0. The van der Waals surface area contributed by atoms with Gasteiger partial charge in [0.05, 0.1) is 0 Å². The Morgan fingerprint density at radius 2 is 0.964 bits per heavy atom. The van der Waals surface area contributed by atoms with Crippen LogP contribution in [0.5, 0.6) is 0 Å². The topological polar surface area (TPSA) is 4.93 Å². The fourth-order valence-corrected chi connectivity index (χ4v) is 4.15. The zero-order chi connectivity index (χ0) is 19.7. The third kappa shape index (κ3) is 3.80. The molecule has 0 N–H and O–H groups in total. The van der Waals surface area contributed by atoms with E-state index in [4.69, 9.17) is 0 Å². The Morgan fingerprint density at radius 1 is 0.536 bits per heavy atom. The van der Waals surface area contributed by atoms with Crippen LogP contribution < -0.4 is 0 Å². The summed E-state index contributed by atoms with van der Waals surface area (Å²) in [6, 6.07) is 28.9. The number of nitrogens with zero attached hydrogens (tertiary/aromatic N) is 1. The van der Waals surface area contributed by atoms with Crippen LogP contribution in [0.4, 0.5) is 0 Å². The first kappa shape index (κ1) is 18.3. The first-order valence-electron chi connectivity index (χ1n) is 9.90. The van der Waals surface area contributed by atoms with E-state index in [0.717, 1.165) is 6.54 Å². The van der Waals surface area contributed by atoms with Crippen molar-refractivity contribution in [3.63, 3.8) is 0 Å². The number of aromatic nitrogens is 1. The van der Waals surface area contributed by atoms with Crippen molar-refractivity contribution in [3.05, 3.63) is 107 Å². The number of hydrogen-bond donors (Lipinski definition) is 0. The van der Waals surface area contributed by atoms with Gasteiger partial charge < -0.3 is 4.57 Å². The highest BCUT2D eigenvalue weighted by molar-refractivity contribution is 5.71. The van der Waals surface area contributed by atoms with Crippen LogP contribution in [0.2, 0.25) is 0 Å². The van der Waals surface area contributed by atoms with Gasteiger partial charge >= 0.3 is 0 Å². The van der Waals surface area contributed by atoms with E-state index >= 15 is 0 Å². The summed E-state index contributed by atoms with van der Waals surface area (Å²) in [4.78, 5) is 0. The molecule has 4 rings (SSSR count). The Morgan fingerprint density at radius 3 is 1.39 bits per heavy atom. The fraction of sp³-hybridized carbons (Fsp3) is 0.185. The number of aryl methyl sites for hydroxylation is 4. The smallest absolute Gasteiger partial charge is 0.0488 e. The van der Waals surface area contributed by atoms with Crippen molar-refractivity contribution < 1.29 is 0 Å².